The zero-order valence-electron chi connectivity index (χ0n) is 19.1. The number of halogens is 1. The minimum absolute atomic E-state index is 0.233. The van der Waals surface area contributed by atoms with Crippen LogP contribution in [-0.2, 0) is 4.74 Å². The number of amides is 1. The third-order valence-corrected chi connectivity index (χ3v) is 6.08. The molecule has 2 heterocycles. The van der Waals surface area contributed by atoms with Crippen LogP contribution in [-0.4, -0.2) is 40.7 Å². The first-order valence-electron chi connectivity index (χ1n) is 11.1. The monoisotopic (exact) mass is 451 g/mol. The molecule has 1 saturated heterocycles. The van der Waals surface area contributed by atoms with Gasteiger partial charge >= 0.3 is 6.09 Å². The number of rotatable bonds is 3. The van der Waals surface area contributed by atoms with E-state index < -0.39 is 5.60 Å². The number of fused-ring (bicyclic) bond motifs is 1. The summed E-state index contributed by atoms with van der Waals surface area (Å²) in [5.74, 6) is 0. The van der Waals surface area contributed by atoms with Crippen LogP contribution in [0.3, 0.4) is 0 Å². The van der Waals surface area contributed by atoms with E-state index in [0.717, 1.165) is 51.0 Å². The fourth-order valence-corrected chi connectivity index (χ4v) is 4.55. The Bertz CT molecular complexity index is 1110. The molecule has 1 aliphatic heterocycles. The van der Waals surface area contributed by atoms with E-state index in [0.29, 0.717) is 13.1 Å². The van der Waals surface area contributed by atoms with Crippen molar-refractivity contribution in [2.24, 2.45) is 0 Å². The van der Waals surface area contributed by atoms with Gasteiger partial charge in [0, 0.05) is 58.6 Å². The summed E-state index contributed by atoms with van der Waals surface area (Å²) < 4.78 is 5.52. The number of carbonyl (C=O) groups excluding carboxylic acids is 1. The first kappa shape index (κ1) is 22.4. The van der Waals surface area contributed by atoms with Crippen LogP contribution in [0.4, 0.5) is 10.5 Å². The molecule has 1 aromatic heterocycles. The summed E-state index contributed by atoms with van der Waals surface area (Å²) in [6.45, 7) is 9.12. The smallest absolute Gasteiger partial charge is 0.410 e. The molecule has 32 heavy (non-hydrogen) atoms. The van der Waals surface area contributed by atoms with Gasteiger partial charge in [-0.15, -0.1) is 0 Å². The molecule has 0 bridgehead atoms. The first-order valence-corrected chi connectivity index (χ1v) is 11.5. The van der Waals surface area contributed by atoms with Crippen LogP contribution in [0, 0.1) is 6.92 Å². The van der Waals surface area contributed by atoms with Gasteiger partial charge in [-0.1, -0.05) is 23.7 Å². The van der Waals surface area contributed by atoms with Crippen LogP contribution in [0.2, 0.25) is 5.02 Å². The molecule has 1 fully saturated rings. The van der Waals surface area contributed by atoms with Crippen LogP contribution in [0.5, 0.6) is 0 Å². The molecule has 0 radical (unpaired) electrons. The maximum Gasteiger partial charge on any atom is 0.410 e. The van der Waals surface area contributed by atoms with Gasteiger partial charge in [-0.3, -0.25) is 4.98 Å². The van der Waals surface area contributed by atoms with Gasteiger partial charge in [0.15, 0.2) is 0 Å². The van der Waals surface area contributed by atoms with Crippen molar-refractivity contribution in [1.82, 2.24) is 9.88 Å². The van der Waals surface area contributed by atoms with Crippen molar-refractivity contribution in [1.29, 1.82) is 0 Å². The summed E-state index contributed by atoms with van der Waals surface area (Å²) in [5.41, 5.74) is 3.84. The lowest BCUT2D eigenvalue weighted by molar-refractivity contribution is 0.0210. The second kappa shape index (κ2) is 8.99. The van der Waals surface area contributed by atoms with Gasteiger partial charge in [0.1, 0.15) is 5.60 Å². The van der Waals surface area contributed by atoms with E-state index in [1.807, 2.05) is 51.4 Å². The third-order valence-electron chi connectivity index (χ3n) is 5.77. The number of nitrogens with zero attached hydrogens (tertiary/aromatic N) is 2. The molecule has 168 valence electrons. The summed E-state index contributed by atoms with van der Waals surface area (Å²) in [6, 6.07) is 12.6. The number of hydrogen-bond acceptors (Lipinski definition) is 4. The molecule has 0 aliphatic carbocycles. The molecule has 0 spiro atoms. The normalized spacial score (nSPS) is 15.1. The Morgan fingerprint density at radius 2 is 1.94 bits per heavy atom. The summed E-state index contributed by atoms with van der Waals surface area (Å²) >= 11 is 6.57. The summed E-state index contributed by atoms with van der Waals surface area (Å²) in [7, 11) is 0. The van der Waals surface area contributed by atoms with Gasteiger partial charge in [-0.25, -0.2) is 4.79 Å². The second-order valence-corrected chi connectivity index (χ2v) is 9.85. The molecule has 4 rings (SSSR count). The van der Waals surface area contributed by atoms with Gasteiger partial charge < -0.3 is 15.0 Å². The molecule has 5 nitrogen and oxygen atoms in total. The van der Waals surface area contributed by atoms with E-state index >= 15 is 0 Å². The van der Waals surface area contributed by atoms with Crippen molar-refractivity contribution in [2.75, 3.05) is 18.4 Å². The molecule has 3 aromatic rings. The number of hydrogen-bond donors (Lipinski definition) is 1. The lowest BCUT2D eigenvalue weighted by Gasteiger charge is -2.34. The summed E-state index contributed by atoms with van der Waals surface area (Å²) in [6.07, 6.45) is 5.20. The predicted molar refractivity (Wildman–Crippen MR) is 131 cm³/mol. The van der Waals surface area contributed by atoms with E-state index in [4.69, 9.17) is 16.3 Å². The predicted octanol–water partition coefficient (Wildman–Crippen LogP) is 6.68. The van der Waals surface area contributed by atoms with E-state index in [1.54, 1.807) is 4.90 Å². The Kier molecular flexibility index (Phi) is 6.29. The van der Waals surface area contributed by atoms with Gasteiger partial charge in [0.25, 0.3) is 0 Å². The minimum atomic E-state index is -0.476. The molecule has 0 atom stereocenters. The topological polar surface area (TPSA) is 54.5 Å². The van der Waals surface area contributed by atoms with Crippen LogP contribution in [0.25, 0.3) is 21.9 Å². The number of pyridine rings is 1. The highest BCUT2D eigenvalue weighted by molar-refractivity contribution is 6.33. The van der Waals surface area contributed by atoms with E-state index in [9.17, 15) is 4.79 Å². The number of piperidine rings is 1. The molecule has 0 saturated carbocycles. The number of anilines is 1. The maximum absolute atomic E-state index is 12.4. The zero-order valence-corrected chi connectivity index (χ0v) is 19.9. The number of ether oxygens (including phenoxy) is 1. The summed E-state index contributed by atoms with van der Waals surface area (Å²) in [4.78, 5) is 18.5. The number of benzene rings is 2. The lowest BCUT2D eigenvalue weighted by atomic mass is 9.96. The van der Waals surface area contributed by atoms with Crippen LogP contribution >= 0.6 is 11.6 Å². The van der Waals surface area contributed by atoms with Crippen molar-refractivity contribution in [3.63, 3.8) is 0 Å². The van der Waals surface area contributed by atoms with E-state index in [-0.39, 0.29) is 12.1 Å². The van der Waals surface area contributed by atoms with Crippen LogP contribution in [0.15, 0.2) is 48.8 Å². The van der Waals surface area contributed by atoms with Gasteiger partial charge in [-0.05, 0) is 75.9 Å². The average Bonchev–Trinajstić information content (AvgIpc) is 2.73. The molecule has 6 heteroatoms. The van der Waals surface area contributed by atoms with Gasteiger partial charge in [0.05, 0.1) is 0 Å². The minimum Gasteiger partial charge on any atom is -0.444 e. The second-order valence-electron chi connectivity index (χ2n) is 9.44. The SMILES string of the molecule is Cc1cccc(Cl)c1-c1cc(NC2CCN(C(=O)OC(C)(C)C)CC2)c2ccncc2c1. The largest absolute Gasteiger partial charge is 0.444 e. The summed E-state index contributed by atoms with van der Waals surface area (Å²) in [5, 5.41) is 6.67. The van der Waals surface area contributed by atoms with Gasteiger partial charge in [-0.2, -0.15) is 0 Å². The number of aryl methyl sites for hydroxylation is 1. The highest BCUT2D eigenvalue weighted by Gasteiger charge is 2.27. The lowest BCUT2D eigenvalue weighted by Crippen LogP contribution is -2.44. The maximum atomic E-state index is 12.4. The van der Waals surface area contributed by atoms with Crippen molar-refractivity contribution in [2.45, 2.75) is 52.2 Å². The van der Waals surface area contributed by atoms with Crippen molar-refractivity contribution in [3.8, 4) is 11.1 Å². The average molecular weight is 452 g/mol. The van der Waals surface area contributed by atoms with E-state index in [1.165, 1.54) is 0 Å². The Labute approximate surface area is 194 Å². The fourth-order valence-electron chi connectivity index (χ4n) is 4.22. The van der Waals surface area contributed by atoms with Crippen molar-refractivity contribution < 1.29 is 9.53 Å². The number of likely N-dealkylation sites (tertiary alicyclic amines) is 1. The van der Waals surface area contributed by atoms with Gasteiger partial charge in [0.2, 0.25) is 0 Å². The van der Waals surface area contributed by atoms with Crippen molar-refractivity contribution in [3.05, 3.63) is 59.4 Å². The molecular formula is C26H30ClN3O2. The molecule has 1 aliphatic rings. The molecular weight excluding hydrogens is 422 g/mol. The number of aromatic nitrogens is 1. The van der Waals surface area contributed by atoms with Crippen LogP contribution < -0.4 is 5.32 Å². The number of carbonyl (C=O) groups is 1. The third kappa shape index (κ3) is 4.99. The highest BCUT2D eigenvalue weighted by Crippen LogP contribution is 2.36. The highest BCUT2D eigenvalue weighted by atomic mass is 35.5. The Morgan fingerprint density at radius 3 is 2.62 bits per heavy atom. The number of nitrogens with one attached hydrogen (secondary N) is 1. The Balaban J connectivity index is 1.57. The zero-order chi connectivity index (χ0) is 22.9. The molecule has 1 amide bonds. The standard InChI is InChI=1S/C26H30ClN3O2/c1-17-6-5-7-22(27)24(17)18-14-19-16-28-11-8-21(19)23(15-18)29-20-9-12-30(13-10-20)25(31)32-26(2,3)4/h5-8,11,14-16,20,29H,9-10,12-13H2,1-4H3. The van der Waals surface area contributed by atoms with Crippen molar-refractivity contribution >= 4 is 34.2 Å². The first-order chi connectivity index (χ1) is 15.2. The fraction of sp³-hybridized carbons (Fsp3) is 0.385. The quantitative estimate of drug-likeness (QED) is 0.482. The molecule has 1 N–H and O–H groups in total. The Morgan fingerprint density at radius 1 is 1.19 bits per heavy atom. The van der Waals surface area contributed by atoms with Crippen LogP contribution in [0.1, 0.15) is 39.2 Å². The van der Waals surface area contributed by atoms with E-state index in [2.05, 4.69) is 35.4 Å². The molecule has 0 unspecified atom stereocenters. The molecule has 2 aromatic carbocycles. The Hall–Kier alpha value is -2.79.